The van der Waals surface area contributed by atoms with Crippen LogP contribution in [-0.2, 0) is 0 Å². The molecule has 0 aliphatic heterocycles. The highest BCUT2D eigenvalue weighted by atomic mass is 35.5. The molecule has 4 aromatic rings. The minimum absolute atomic E-state index is 0.177. The van der Waals surface area contributed by atoms with Gasteiger partial charge in [-0.05, 0) is 60.2 Å². The van der Waals surface area contributed by atoms with Crippen LogP contribution in [0.4, 0.5) is 0 Å². The lowest BCUT2D eigenvalue weighted by molar-refractivity contribution is 0.0734. The molecule has 1 N–H and O–H groups in total. The molecule has 0 spiro atoms. The number of para-hydroxylation sites is 1. The summed E-state index contributed by atoms with van der Waals surface area (Å²) in [5, 5.41) is 5.23. The Labute approximate surface area is 176 Å². The molecule has 0 aliphatic rings. The molecule has 7 heteroatoms. The fourth-order valence-electron chi connectivity index (χ4n) is 2.72. The molecule has 4 rings (SSSR count). The van der Waals surface area contributed by atoms with Gasteiger partial charge in [-0.15, -0.1) is 0 Å². The van der Waals surface area contributed by atoms with Gasteiger partial charge in [-0.3, -0.25) is 4.79 Å². The number of esters is 1. The summed E-state index contributed by atoms with van der Waals surface area (Å²) in [5.74, 6) is -0.397. The maximum atomic E-state index is 12.2. The molecule has 0 saturated carbocycles. The molecule has 0 saturated heterocycles. The number of fused-ring (bicyclic) bond motifs is 1. The number of hydrogen-bond acceptors (Lipinski definition) is 5. The predicted octanol–water partition coefficient (Wildman–Crippen LogP) is 5.07. The number of ether oxygens (including phenoxy) is 1. The number of nitrogens with one attached hydrogen (secondary N) is 1. The van der Waals surface area contributed by atoms with Crippen LogP contribution in [0, 0.1) is 0 Å². The highest BCUT2D eigenvalue weighted by Crippen LogP contribution is 2.19. The second kappa shape index (κ2) is 8.63. The Balaban J connectivity index is 1.35. The second-order valence-electron chi connectivity index (χ2n) is 6.32. The lowest BCUT2D eigenvalue weighted by Crippen LogP contribution is -2.16. The van der Waals surface area contributed by atoms with Gasteiger partial charge in [0, 0.05) is 10.4 Å². The van der Waals surface area contributed by atoms with E-state index in [-0.39, 0.29) is 5.76 Å². The molecule has 1 aromatic heterocycles. The quantitative estimate of drug-likeness (QED) is 0.212. The van der Waals surface area contributed by atoms with Gasteiger partial charge in [0.05, 0.1) is 11.8 Å². The minimum atomic E-state index is -0.503. The molecule has 30 heavy (non-hydrogen) atoms. The number of hydrogen-bond donors (Lipinski definition) is 1. The van der Waals surface area contributed by atoms with E-state index in [1.807, 2.05) is 18.2 Å². The summed E-state index contributed by atoms with van der Waals surface area (Å²) in [4.78, 5) is 24.3. The number of carbonyl (C=O) groups is 2. The van der Waals surface area contributed by atoms with Crippen LogP contribution in [0.25, 0.3) is 11.0 Å². The SMILES string of the molecule is O=C(Oc1ccc(/C=N\NC(=O)c2cc3ccccc3o2)cc1)c1cccc(Cl)c1. The minimum Gasteiger partial charge on any atom is -0.451 e. The van der Waals surface area contributed by atoms with Crippen LogP contribution in [0.5, 0.6) is 5.75 Å². The third kappa shape index (κ3) is 4.56. The average molecular weight is 419 g/mol. The van der Waals surface area contributed by atoms with Gasteiger partial charge < -0.3 is 9.15 Å². The van der Waals surface area contributed by atoms with Gasteiger partial charge in [-0.2, -0.15) is 5.10 Å². The summed E-state index contributed by atoms with van der Waals surface area (Å²) in [6, 6.07) is 22.2. The number of hydrazone groups is 1. The number of benzene rings is 3. The van der Waals surface area contributed by atoms with Crippen molar-refractivity contribution in [2.24, 2.45) is 5.10 Å². The average Bonchev–Trinajstić information content (AvgIpc) is 3.19. The molecule has 6 nitrogen and oxygen atoms in total. The van der Waals surface area contributed by atoms with Crippen LogP contribution < -0.4 is 10.2 Å². The Morgan fingerprint density at radius 2 is 1.77 bits per heavy atom. The van der Waals surface area contributed by atoms with E-state index in [1.54, 1.807) is 54.6 Å². The van der Waals surface area contributed by atoms with Crippen molar-refractivity contribution < 1.29 is 18.7 Å². The maximum Gasteiger partial charge on any atom is 0.343 e. The van der Waals surface area contributed by atoms with E-state index in [4.69, 9.17) is 20.8 Å². The van der Waals surface area contributed by atoms with Crippen molar-refractivity contribution >= 4 is 40.7 Å². The number of carbonyl (C=O) groups excluding carboxylic acids is 2. The molecule has 0 radical (unpaired) electrons. The molecular weight excluding hydrogens is 404 g/mol. The highest BCUT2D eigenvalue weighted by molar-refractivity contribution is 6.30. The van der Waals surface area contributed by atoms with Crippen molar-refractivity contribution in [3.8, 4) is 5.75 Å². The Morgan fingerprint density at radius 1 is 0.967 bits per heavy atom. The summed E-state index contributed by atoms with van der Waals surface area (Å²) >= 11 is 5.88. The molecule has 148 valence electrons. The maximum absolute atomic E-state index is 12.2. The molecule has 0 unspecified atom stereocenters. The normalized spacial score (nSPS) is 11.0. The number of nitrogens with zero attached hydrogens (tertiary/aromatic N) is 1. The molecular formula is C23H15ClN2O4. The smallest absolute Gasteiger partial charge is 0.343 e. The number of rotatable bonds is 5. The van der Waals surface area contributed by atoms with E-state index in [1.165, 1.54) is 12.3 Å². The van der Waals surface area contributed by atoms with E-state index in [9.17, 15) is 9.59 Å². The summed E-state index contributed by atoms with van der Waals surface area (Å²) in [7, 11) is 0. The van der Waals surface area contributed by atoms with Gasteiger partial charge in [-0.25, -0.2) is 10.2 Å². The van der Waals surface area contributed by atoms with Gasteiger partial charge >= 0.3 is 11.9 Å². The fourth-order valence-corrected chi connectivity index (χ4v) is 2.91. The fraction of sp³-hybridized carbons (Fsp3) is 0. The van der Waals surface area contributed by atoms with Crippen LogP contribution in [0.3, 0.4) is 0 Å². The number of halogens is 1. The third-order valence-corrected chi connectivity index (χ3v) is 4.42. The third-order valence-electron chi connectivity index (χ3n) is 4.18. The van der Waals surface area contributed by atoms with Gasteiger partial charge in [0.25, 0.3) is 0 Å². The zero-order valence-corrected chi connectivity index (χ0v) is 16.3. The van der Waals surface area contributed by atoms with E-state index >= 15 is 0 Å². The first-order valence-corrected chi connectivity index (χ1v) is 9.36. The molecule has 1 amide bonds. The lowest BCUT2D eigenvalue weighted by atomic mass is 10.2. The van der Waals surface area contributed by atoms with Crippen LogP contribution >= 0.6 is 11.6 Å². The standard InChI is InChI=1S/C23H15ClN2O4/c24-18-6-3-5-17(12-18)23(28)29-19-10-8-15(9-11-19)14-25-26-22(27)21-13-16-4-1-2-7-20(16)30-21/h1-14H,(H,26,27)/b25-14-. The zero-order chi connectivity index (χ0) is 20.9. The van der Waals surface area contributed by atoms with Crippen LogP contribution in [0.1, 0.15) is 26.5 Å². The Kier molecular flexibility index (Phi) is 5.59. The summed E-state index contributed by atoms with van der Waals surface area (Å²) in [6.45, 7) is 0. The molecule has 3 aromatic carbocycles. The summed E-state index contributed by atoms with van der Waals surface area (Å²) < 4.78 is 10.8. The van der Waals surface area contributed by atoms with Crippen molar-refractivity contribution in [2.75, 3.05) is 0 Å². The zero-order valence-electron chi connectivity index (χ0n) is 15.5. The van der Waals surface area contributed by atoms with Crippen LogP contribution in [-0.4, -0.2) is 18.1 Å². The molecule has 1 heterocycles. The summed E-state index contributed by atoms with van der Waals surface area (Å²) in [5.41, 5.74) is 4.13. The number of furan rings is 1. The van der Waals surface area contributed by atoms with Crippen molar-refractivity contribution in [3.63, 3.8) is 0 Å². The van der Waals surface area contributed by atoms with Crippen LogP contribution in [0.15, 0.2) is 88.4 Å². The molecule has 0 bridgehead atoms. The van der Waals surface area contributed by atoms with Crippen molar-refractivity contribution in [1.82, 2.24) is 5.43 Å². The predicted molar refractivity (Wildman–Crippen MR) is 114 cm³/mol. The highest BCUT2D eigenvalue weighted by Gasteiger charge is 2.11. The van der Waals surface area contributed by atoms with E-state index < -0.39 is 11.9 Å². The van der Waals surface area contributed by atoms with Gasteiger partial charge in [0.2, 0.25) is 0 Å². The van der Waals surface area contributed by atoms with E-state index in [2.05, 4.69) is 10.5 Å². The first-order chi connectivity index (χ1) is 14.6. The number of amides is 1. The topological polar surface area (TPSA) is 80.9 Å². The Hall–Kier alpha value is -3.90. The van der Waals surface area contributed by atoms with Gasteiger partial charge in [0.1, 0.15) is 11.3 Å². The molecule has 0 fully saturated rings. The monoisotopic (exact) mass is 418 g/mol. The Morgan fingerprint density at radius 3 is 2.53 bits per heavy atom. The van der Waals surface area contributed by atoms with Gasteiger partial charge in [0.15, 0.2) is 5.76 Å². The first-order valence-electron chi connectivity index (χ1n) is 8.98. The second-order valence-corrected chi connectivity index (χ2v) is 6.75. The van der Waals surface area contributed by atoms with E-state index in [0.717, 1.165) is 5.39 Å². The van der Waals surface area contributed by atoms with E-state index in [0.29, 0.717) is 27.5 Å². The van der Waals surface area contributed by atoms with Gasteiger partial charge in [-0.1, -0.05) is 35.9 Å². The largest absolute Gasteiger partial charge is 0.451 e. The molecule has 0 aliphatic carbocycles. The first kappa shape index (κ1) is 19.4. The summed E-state index contributed by atoms with van der Waals surface area (Å²) in [6.07, 6.45) is 1.48. The molecule has 0 atom stereocenters. The van der Waals surface area contributed by atoms with Crippen molar-refractivity contribution in [3.05, 3.63) is 101 Å². The lowest BCUT2D eigenvalue weighted by Gasteiger charge is -2.05. The van der Waals surface area contributed by atoms with Crippen molar-refractivity contribution in [1.29, 1.82) is 0 Å². The Bertz CT molecular complexity index is 1210. The van der Waals surface area contributed by atoms with Crippen LogP contribution in [0.2, 0.25) is 5.02 Å². The van der Waals surface area contributed by atoms with Crippen molar-refractivity contribution in [2.45, 2.75) is 0 Å².